The summed E-state index contributed by atoms with van der Waals surface area (Å²) in [5, 5.41) is 0. The van der Waals surface area contributed by atoms with E-state index in [1.807, 2.05) is 6.92 Å². The first-order valence-corrected chi connectivity index (χ1v) is 7.74. The molecule has 0 aromatic carbocycles. The summed E-state index contributed by atoms with van der Waals surface area (Å²) in [4.78, 5) is 28.8. The Morgan fingerprint density at radius 1 is 1.20 bits per heavy atom. The predicted octanol–water partition coefficient (Wildman–Crippen LogP) is 1.17. The maximum Gasteiger partial charge on any atom is 0.246 e. The lowest BCUT2D eigenvalue weighted by Gasteiger charge is -2.50. The maximum absolute atomic E-state index is 12.7. The summed E-state index contributed by atoms with van der Waals surface area (Å²) in [7, 11) is 1.72. The standard InChI is InChI=1S/C15H24N2O3/c1-11-13(18)16-9-4-3-6-12(16)14(19)17(11)10-15(20-2)7-5-8-15/h11-12H,3-10H2,1-2H3. The van der Waals surface area contributed by atoms with E-state index in [0.717, 1.165) is 45.1 Å². The van der Waals surface area contributed by atoms with Crippen LogP contribution in [-0.4, -0.2) is 59.5 Å². The van der Waals surface area contributed by atoms with Gasteiger partial charge in [-0.1, -0.05) is 0 Å². The topological polar surface area (TPSA) is 49.9 Å². The number of fused-ring (bicyclic) bond motifs is 1. The second-order valence-corrected chi connectivity index (χ2v) is 6.43. The summed E-state index contributed by atoms with van der Waals surface area (Å²) in [6, 6.07) is -0.564. The van der Waals surface area contributed by atoms with Gasteiger partial charge in [0.2, 0.25) is 11.8 Å². The fourth-order valence-electron chi connectivity index (χ4n) is 3.73. The highest BCUT2D eigenvalue weighted by Gasteiger charge is 2.48. The molecule has 2 heterocycles. The van der Waals surface area contributed by atoms with Gasteiger partial charge in [0.05, 0.1) is 12.1 Å². The van der Waals surface area contributed by atoms with Crippen LogP contribution in [0.25, 0.3) is 0 Å². The van der Waals surface area contributed by atoms with Gasteiger partial charge in [-0.2, -0.15) is 0 Å². The molecule has 20 heavy (non-hydrogen) atoms. The van der Waals surface area contributed by atoms with Crippen molar-refractivity contribution < 1.29 is 14.3 Å². The number of methoxy groups -OCH3 is 1. The highest BCUT2D eigenvalue weighted by atomic mass is 16.5. The minimum atomic E-state index is -0.343. The molecule has 2 saturated heterocycles. The molecule has 1 saturated carbocycles. The smallest absolute Gasteiger partial charge is 0.246 e. The van der Waals surface area contributed by atoms with Gasteiger partial charge in [0.25, 0.3) is 0 Å². The van der Waals surface area contributed by atoms with E-state index in [2.05, 4.69) is 0 Å². The first-order valence-electron chi connectivity index (χ1n) is 7.74. The Kier molecular flexibility index (Phi) is 3.48. The van der Waals surface area contributed by atoms with Gasteiger partial charge in [0.1, 0.15) is 12.1 Å². The SMILES string of the molecule is COC1(CN2C(=O)C3CCCCN3C(=O)C2C)CCC1. The summed E-state index contributed by atoms with van der Waals surface area (Å²) < 4.78 is 5.63. The molecule has 0 spiro atoms. The van der Waals surface area contributed by atoms with Gasteiger partial charge in [-0.05, 0) is 45.4 Å². The van der Waals surface area contributed by atoms with Crippen LogP contribution in [0.3, 0.4) is 0 Å². The Bertz CT molecular complexity index is 414. The number of carbonyl (C=O) groups is 2. The quantitative estimate of drug-likeness (QED) is 0.779. The number of piperidine rings is 1. The zero-order valence-electron chi connectivity index (χ0n) is 12.4. The monoisotopic (exact) mass is 280 g/mol. The van der Waals surface area contributed by atoms with E-state index in [0.29, 0.717) is 6.54 Å². The zero-order chi connectivity index (χ0) is 14.3. The van der Waals surface area contributed by atoms with Crippen LogP contribution in [0.2, 0.25) is 0 Å². The maximum atomic E-state index is 12.7. The van der Waals surface area contributed by atoms with Crippen LogP contribution in [0.4, 0.5) is 0 Å². The Hall–Kier alpha value is -1.10. The van der Waals surface area contributed by atoms with E-state index < -0.39 is 0 Å². The summed E-state index contributed by atoms with van der Waals surface area (Å²) >= 11 is 0. The fourth-order valence-corrected chi connectivity index (χ4v) is 3.73. The minimum absolute atomic E-state index is 0.111. The first-order chi connectivity index (χ1) is 9.58. The van der Waals surface area contributed by atoms with Gasteiger partial charge in [0, 0.05) is 13.7 Å². The number of carbonyl (C=O) groups excluding carboxylic acids is 2. The molecule has 112 valence electrons. The lowest BCUT2D eigenvalue weighted by molar-refractivity contribution is -0.170. The van der Waals surface area contributed by atoms with Gasteiger partial charge in [-0.25, -0.2) is 0 Å². The van der Waals surface area contributed by atoms with Crippen molar-refractivity contribution in [2.45, 2.75) is 63.1 Å². The Morgan fingerprint density at radius 2 is 1.95 bits per heavy atom. The van der Waals surface area contributed by atoms with Crippen molar-refractivity contribution in [3.8, 4) is 0 Å². The van der Waals surface area contributed by atoms with E-state index in [1.54, 1.807) is 16.9 Å². The average Bonchev–Trinajstić information content (AvgIpc) is 2.44. The van der Waals surface area contributed by atoms with Gasteiger partial charge in [-0.15, -0.1) is 0 Å². The van der Waals surface area contributed by atoms with Gasteiger partial charge in [0.15, 0.2) is 0 Å². The number of rotatable bonds is 3. The van der Waals surface area contributed by atoms with Crippen molar-refractivity contribution in [3.05, 3.63) is 0 Å². The number of ether oxygens (including phenoxy) is 1. The van der Waals surface area contributed by atoms with Crippen LogP contribution in [-0.2, 0) is 14.3 Å². The molecule has 5 heteroatoms. The molecule has 2 atom stereocenters. The van der Waals surface area contributed by atoms with Crippen LogP contribution >= 0.6 is 0 Å². The van der Waals surface area contributed by atoms with E-state index in [4.69, 9.17) is 4.74 Å². The third kappa shape index (κ3) is 2.03. The summed E-state index contributed by atoms with van der Waals surface area (Å²) in [5.41, 5.74) is -0.207. The normalized spacial score (nSPS) is 32.9. The van der Waals surface area contributed by atoms with E-state index in [9.17, 15) is 9.59 Å². The molecule has 0 aromatic rings. The second-order valence-electron chi connectivity index (χ2n) is 6.43. The van der Waals surface area contributed by atoms with E-state index >= 15 is 0 Å². The minimum Gasteiger partial charge on any atom is -0.376 e. The summed E-state index contributed by atoms with van der Waals surface area (Å²) in [5.74, 6) is 0.236. The molecule has 2 aliphatic heterocycles. The summed E-state index contributed by atoms with van der Waals surface area (Å²) in [6.45, 7) is 3.16. The van der Waals surface area contributed by atoms with E-state index in [1.165, 1.54) is 0 Å². The molecular weight excluding hydrogens is 256 g/mol. The van der Waals surface area contributed by atoms with E-state index in [-0.39, 0.29) is 29.5 Å². The molecule has 3 rings (SSSR count). The number of hydrogen-bond donors (Lipinski definition) is 0. The predicted molar refractivity (Wildman–Crippen MR) is 74.1 cm³/mol. The first kappa shape index (κ1) is 13.9. The summed E-state index contributed by atoms with van der Waals surface area (Å²) in [6.07, 6.45) is 5.99. The van der Waals surface area contributed by atoms with Gasteiger partial charge < -0.3 is 14.5 Å². The third-order valence-electron chi connectivity index (χ3n) is 5.34. The number of hydrogen-bond acceptors (Lipinski definition) is 3. The molecular formula is C15H24N2O3. The Balaban J connectivity index is 1.79. The Labute approximate surface area is 120 Å². The second kappa shape index (κ2) is 5.02. The third-order valence-corrected chi connectivity index (χ3v) is 5.34. The zero-order valence-corrected chi connectivity index (χ0v) is 12.4. The molecule has 2 unspecified atom stereocenters. The lowest BCUT2D eigenvalue weighted by Crippen LogP contribution is -2.67. The van der Waals surface area contributed by atoms with Crippen LogP contribution < -0.4 is 0 Å². The lowest BCUT2D eigenvalue weighted by atomic mass is 9.79. The number of piperazine rings is 1. The van der Waals surface area contributed by atoms with Crippen molar-refractivity contribution >= 4 is 11.8 Å². The Morgan fingerprint density at radius 3 is 2.55 bits per heavy atom. The largest absolute Gasteiger partial charge is 0.376 e. The van der Waals surface area contributed by atoms with Crippen LogP contribution in [0.15, 0.2) is 0 Å². The highest BCUT2D eigenvalue weighted by molar-refractivity contribution is 5.97. The van der Waals surface area contributed by atoms with Crippen molar-refractivity contribution in [3.63, 3.8) is 0 Å². The molecule has 0 radical (unpaired) electrons. The molecule has 3 aliphatic rings. The number of nitrogens with zero attached hydrogens (tertiary/aromatic N) is 2. The van der Waals surface area contributed by atoms with Crippen molar-refractivity contribution in [2.75, 3.05) is 20.2 Å². The molecule has 0 bridgehead atoms. The van der Waals surface area contributed by atoms with Crippen LogP contribution in [0, 0.1) is 0 Å². The molecule has 5 nitrogen and oxygen atoms in total. The van der Waals surface area contributed by atoms with Crippen molar-refractivity contribution in [1.82, 2.24) is 9.80 Å². The van der Waals surface area contributed by atoms with Gasteiger partial charge >= 0.3 is 0 Å². The average molecular weight is 280 g/mol. The van der Waals surface area contributed by atoms with Crippen LogP contribution in [0.1, 0.15) is 45.4 Å². The number of amides is 2. The molecule has 0 aromatic heterocycles. The van der Waals surface area contributed by atoms with Crippen molar-refractivity contribution in [1.29, 1.82) is 0 Å². The van der Waals surface area contributed by atoms with Gasteiger partial charge in [-0.3, -0.25) is 9.59 Å². The fraction of sp³-hybridized carbons (Fsp3) is 0.867. The highest BCUT2D eigenvalue weighted by Crippen LogP contribution is 2.37. The van der Waals surface area contributed by atoms with Crippen molar-refractivity contribution in [2.24, 2.45) is 0 Å². The molecule has 2 amide bonds. The van der Waals surface area contributed by atoms with Crippen LogP contribution in [0.5, 0.6) is 0 Å². The molecule has 0 N–H and O–H groups in total. The molecule has 1 aliphatic carbocycles. The molecule has 3 fully saturated rings.